The predicted molar refractivity (Wildman–Crippen MR) is 48.2 cm³/mol. The summed E-state index contributed by atoms with van der Waals surface area (Å²) >= 11 is 0. The maximum atomic E-state index is 8.66. The van der Waals surface area contributed by atoms with Gasteiger partial charge in [-0.25, -0.2) is 0 Å². The first-order valence-corrected chi connectivity index (χ1v) is 4.81. The van der Waals surface area contributed by atoms with Gasteiger partial charge in [0.15, 0.2) is 0 Å². The Morgan fingerprint density at radius 3 is 3.08 bits per heavy atom. The van der Waals surface area contributed by atoms with E-state index in [0.29, 0.717) is 12.7 Å². The Labute approximate surface area is 74.3 Å². The molecule has 1 heterocycles. The van der Waals surface area contributed by atoms with E-state index in [-0.39, 0.29) is 0 Å². The van der Waals surface area contributed by atoms with Crippen LogP contribution in [0, 0.1) is 0 Å². The first-order valence-electron chi connectivity index (χ1n) is 4.81. The van der Waals surface area contributed by atoms with Crippen LogP contribution in [0.25, 0.3) is 0 Å². The molecule has 0 aliphatic carbocycles. The van der Waals surface area contributed by atoms with Gasteiger partial charge in [-0.1, -0.05) is 6.92 Å². The van der Waals surface area contributed by atoms with E-state index in [2.05, 4.69) is 11.8 Å². The van der Waals surface area contributed by atoms with Crippen molar-refractivity contribution in [3.8, 4) is 0 Å². The predicted octanol–water partition coefficient (Wildman–Crippen LogP) is 0.480. The minimum Gasteiger partial charge on any atom is -0.396 e. The molecule has 0 aromatic heterocycles. The summed E-state index contributed by atoms with van der Waals surface area (Å²) in [7, 11) is 0. The Morgan fingerprint density at radius 2 is 2.42 bits per heavy atom. The van der Waals surface area contributed by atoms with Crippen LogP contribution in [-0.4, -0.2) is 49.0 Å². The molecule has 12 heavy (non-hydrogen) atoms. The van der Waals surface area contributed by atoms with Crippen molar-refractivity contribution in [1.29, 1.82) is 0 Å². The average molecular weight is 173 g/mol. The summed E-state index contributed by atoms with van der Waals surface area (Å²) in [6.45, 7) is 6.38. The van der Waals surface area contributed by atoms with Gasteiger partial charge < -0.3 is 9.84 Å². The van der Waals surface area contributed by atoms with Crippen LogP contribution in [0.3, 0.4) is 0 Å². The molecule has 1 aliphatic heterocycles. The monoisotopic (exact) mass is 173 g/mol. The van der Waals surface area contributed by atoms with Gasteiger partial charge in [-0.15, -0.1) is 0 Å². The summed E-state index contributed by atoms with van der Waals surface area (Å²) in [5.41, 5.74) is 0. The maximum Gasteiger partial charge on any atom is 0.0700 e. The number of hydrogen-bond donors (Lipinski definition) is 1. The zero-order chi connectivity index (χ0) is 8.81. The van der Waals surface area contributed by atoms with Crippen molar-refractivity contribution in [1.82, 2.24) is 4.90 Å². The lowest BCUT2D eigenvalue weighted by atomic mass is 10.2. The second-order valence-electron chi connectivity index (χ2n) is 3.28. The van der Waals surface area contributed by atoms with Gasteiger partial charge in [0.25, 0.3) is 0 Å². The fourth-order valence-corrected chi connectivity index (χ4v) is 1.52. The Hall–Kier alpha value is -0.120. The molecule has 0 aromatic rings. The molecular formula is C9H19NO2. The molecule has 1 unspecified atom stereocenters. The van der Waals surface area contributed by atoms with Crippen molar-refractivity contribution in [2.45, 2.75) is 25.9 Å². The first-order chi connectivity index (χ1) is 5.86. The standard InChI is InChI=1S/C9H19NO2/c1-2-9-8-10(4-3-6-11)5-7-12-9/h9,11H,2-8H2,1H3. The molecule has 3 heteroatoms. The van der Waals surface area contributed by atoms with E-state index in [1.807, 2.05) is 0 Å². The number of morpholine rings is 1. The van der Waals surface area contributed by atoms with E-state index in [9.17, 15) is 0 Å². The van der Waals surface area contributed by atoms with E-state index < -0.39 is 0 Å². The average Bonchev–Trinajstić information content (AvgIpc) is 2.15. The Morgan fingerprint density at radius 1 is 1.58 bits per heavy atom. The molecule has 1 fully saturated rings. The SMILES string of the molecule is CCC1CN(CCCO)CCO1. The zero-order valence-electron chi connectivity index (χ0n) is 7.83. The third kappa shape index (κ3) is 3.09. The van der Waals surface area contributed by atoms with Crippen molar-refractivity contribution in [2.75, 3.05) is 32.8 Å². The zero-order valence-corrected chi connectivity index (χ0v) is 7.83. The minimum absolute atomic E-state index is 0.300. The summed E-state index contributed by atoms with van der Waals surface area (Å²) in [5, 5.41) is 8.66. The Balaban J connectivity index is 2.16. The van der Waals surface area contributed by atoms with Crippen molar-refractivity contribution in [2.24, 2.45) is 0 Å². The maximum absolute atomic E-state index is 8.66. The van der Waals surface area contributed by atoms with Gasteiger partial charge in [-0.05, 0) is 12.8 Å². The molecule has 3 nitrogen and oxygen atoms in total. The fraction of sp³-hybridized carbons (Fsp3) is 1.00. The number of ether oxygens (including phenoxy) is 1. The van der Waals surface area contributed by atoms with Crippen LogP contribution < -0.4 is 0 Å². The topological polar surface area (TPSA) is 32.7 Å². The molecule has 0 aromatic carbocycles. The smallest absolute Gasteiger partial charge is 0.0700 e. The third-order valence-electron chi connectivity index (χ3n) is 2.31. The lowest BCUT2D eigenvalue weighted by Gasteiger charge is -2.32. The highest BCUT2D eigenvalue weighted by atomic mass is 16.5. The van der Waals surface area contributed by atoms with Gasteiger partial charge in [0, 0.05) is 26.2 Å². The van der Waals surface area contributed by atoms with Crippen molar-refractivity contribution < 1.29 is 9.84 Å². The number of nitrogens with zero attached hydrogens (tertiary/aromatic N) is 1. The van der Waals surface area contributed by atoms with Gasteiger partial charge in [0.1, 0.15) is 0 Å². The van der Waals surface area contributed by atoms with E-state index in [0.717, 1.165) is 39.1 Å². The Bertz CT molecular complexity index is 119. The van der Waals surface area contributed by atoms with E-state index in [4.69, 9.17) is 9.84 Å². The van der Waals surface area contributed by atoms with Crippen LogP contribution in [-0.2, 0) is 4.74 Å². The fourth-order valence-electron chi connectivity index (χ4n) is 1.52. The largest absolute Gasteiger partial charge is 0.396 e. The van der Waals surface area contributed by atoms with Crippen LogP contribution in [0.1, 0.15) is 19.8 Å². The molecule has 1 rings (SSSR count). The molecule has 0 saturated carbocycles. The second-order valence-corrected chi connectivity index (χ2v) is 3.28. The lowest BCUT2D eigenvalue weighted by molar-refractivity contribution is -0.0308. The molecule has 0 bridgehead atoms. The van der Waals surface area contributed by atoms with Crippen LogP contribution in [0.5, 0.6) is 0 Å². The summed E-state index contributed by atoms with van der Waals surface area (Å²) in [6, 6.07) is 0. The quantitative estimate of drug-likeness (QED) is 0.671. The normalized spacial score (nSPS) is 26.0. The van der Waals surface area contributed by atoms with Crippen LogP contribution in [0.4, 0.5) is 0 Å². The Kier molecular flexibility index (Phi) is 4.58. The third-order valence-corrected chi connectivity index (χ3v) is 2.31. The molecule has 1 atom stereocenters. The van der Waals surface area contributed by atoms with Gasteiger partial charge in [-0.2, -0.15) is 0 Å². The lowest BCUT2D eigenvalue weighted by Crippen LogP contribution is -2.42. The van der Waals surface area contributed by atoms with Crippen LogP contribution >= 0.6 is 0 Å². The number of rotatable bonds is 4. The molecule has 0 spiro atoms. The second kappa shape index (κ2) is 5.51. The van der Waals surface area contributed by atoms with Crippen molar-refractivity contribution in [3.63, 3.8) is 0 Å². The van der Waals surface area contributed by atoms with Gasteiger partial charge in [0.2, 0.25) is 0 Å². The van der Waals surface area contributed by atoms with E-state index >= 15 is 0 Å². The number of aliphatic hydroxyl groups excluding tert-OH is 1. The molecular weight excluding hydrogens is 154 g/mol. The molecule has 1 saturated heterocycles. The summed E-state index contributed by atoms with van der Waals surface area (Å²) in [4.78, 5) is 2.37. The van der Waals surface area contributed by atoms with Gasteiger partial charge in [-0.3, -0.25) is 4.90 Å². The first kappa shape index (κ1) is 9.96. The van der Waals surface area contributed by atoms with Gasteiger partial charge in [0.05, 0.1) is 12.7 Å². The molecule has 72 valence electrons. The summed E-state index contributed by atoms with van der Waals surface area (Å²) < 4.78 is 5.53. The van der Waals surface area contributed by atoms with E-state index in [1.54, 1.807) is 0 Å². The molecule has 0 radical (unpaired) electrons. The van der Waals surface area contributed by atoms with Gasteiger partial charge >= 0.3 is 0 Å². The van der Waals surface area contributed by atoms with Crippen LogP contribution in [0.2, 0.25) is 0 Å². The highest BCUT2D eigenvalue weighted by Gasteiger charge is 2.17. The highest BCUT2D eigenvalue weighted by Crippen LogP contribution is 2.07. The molecule has 1 aliphatic rings. The molecule has 0 amide bonds. The number of hydrogen-bond acceptors (Lipinski definition) is 3. The highest BCUT2D eigenvalue weighted by molar-refractivity contribution is 4.69. The van der Waals surface area contributed by atoms with Crippen molar-refractivity contribution in [3.05, 3.63) is 0 Å². The van der Waals surface area contributed by atoms with E-state index in [1.165, 1.54) is 0 Å². The summed E-state index contributed by atoms with van der Waals surface area (Å²) in [6.07, 6.45) is 2.39. The van der Waals surface area contributed by atoms with Crippen LogP contribution in [0.15, 0.2) is 0 Å². The minimum atomic E-state index is 0.300. The summed E-state index contributed by atoms with van der Waals surface area (Å²) in [5.74, 6) is 0. The number of aliphatic hydroxyl groups is 1. The van der Waals surface area contributed by atoms with Crippen molar-refractivity contribution >= 4 is 0 Å². The molecule has 1 N–H and O–H groups in total.